The number of rotatable bonds is 4. The lowest BCUT2D eigenvalue weighted by Crippen LogP contribution is -2.24. The Morgan fingerprint density at radius 3 is 2.52 bits per heavy atom. The van der Waals surface area contributed by atoms with E-state index in [-0.39, 0.29) is 11.6 Å². The number of carbonyl (C=O) groups excluding carboxylic acids is 2. The molecule has 2 rings (SSSR count). The van der Waals surface area contributed by atoms with Crippen LogP contribution in [-0.4, -0.2) is 28.3 Å². The van der Waals surface area contributed by atoms with Crippen molar-refractivity contribution in [1.29, 1.82) is 0 Å². The van der Waals surface area contributed by atoms with Crippen molar-refractivity contribution >= 4 is 17.8 Å². The Labute approximate surface area is 122 Å². The van der Waals surface area contributed by atoms with E-state index in [1.807, 2.05) is 37.3 Å². The molecule has 7 nitrogen and oxygen atoms in total. The molecule has 0 aliphatic heterocycles. The van der Waals surface area contributed by atoms with Crippen molar-refractivity contribution in [2.45, 2.75) is 13.8 Å². The van der Waals surface area contributed by atoms with Crippen LogP contribution >= 0.6 is 0 Å². The van der Waals surface area contributed by atoms with Gasteiger partial charge in [0.25, 0.3) is 5.91 Å². The molecule has 0 unspecified atom stereocenters. The summed E-state index contributed by atoms with van der Waals surface area (Å²) in [6.45, 7) is 4.03. The van der Waals surface area contributed by atoms with E-state index in [4.69, 9.17) is 5.73 Å². The number of para-hydroxylation sites is 1. The van der Waals surface area contributed by atoms with Crippen molar-refractivity contribution < 1.29 is 9.59 Å². The molecule has 7 heteroatoms. The molecular formula is C14H17N5O2. The van der Waals surface area contributed by atoms with Gasteiger partial charge in [-0.05, 0) is 26.0 Å². The number of urea groups is 1. The maximum Gasteiger partial charge on any atom is 0.317 e. The van der Waals surface area contributed by atoms with Gasteiger partial charge in [-0.3, -0.25) is 10.1 Å². The van der Waals surface area contributed by atoms with Gasteiger partial charge in [0.15, 0.2) is 5.69 Å². The molecular weight excluding hydrogens is 270 g/mol. The average Bonchev–Trinajstić information content (AvgIpc) is 2.77. The normalized spacial score (nSPS) is 10.2. The fourth-order valence-electron chi connectivity index (χ4n) is 1.98. The number of nitrogens with one attached hydrogen (secondary N) is 2. The predicted molar refractivity (Wildman–Crippen MR) is 79.5 cm³/mol. The molecule has 0 bridgehead atoms. The van der Waals surface area contributed by atoms with Crippen molar-refractivity contribution in [2.75, 3.05) is 11.9 Å². The first-order chi connectivity index (χ1) is 10.0. The first kappa shape index (κ1) is 14.6. The smallest absolute Gasteiger partial charge is 0.317 e. The van der Waals surface area contributed by atoms with Crippen molar-refractivity contribution in [3.63, 3.8) is 0 Å². The zero-order valence-electron chi connectivity index (χ0n) is 11.9. The molecule has 21 heavy (non-hydrogen) atoms. The topological polar surface area (TPSA) is 102 Å². The number of anilines is 1. The van der Waals surface area contributed by atoms with Crippen LogP contribution in [-0.2, 0) is 0 Å². The van der Waals surface area contributed by atoms with Crippen LogP contribution in [0.5, 0.6) is 0 Å². The molecule has 3 amide bonds. The molecule has 0 aliphatic rings. The number of benzene rings is 1. The second-order valence-corrected chi connectivity index (χ2v) is 4.42. The van der Waals surface area contributed by atoms with Gasteiger partial charge >= 0.3 is 6.03 Å². The first-order valence-electron chi connectivity index (χ1n) is 6.54. The molecule has 0 fully saturated rings. The molecule has 4 N–H and O–H groups in total. The minimum Gasteiger partial charge on any atom is -0.351 e. The number of carbonyl (C=O) groups is 2. The van der Waals surface area contributed by atoms with Gasteiger partial charge in [-0.25, -0.2) is 9.48 Å². The van der Waals surface area contributed by atoms with Gasteiger partial charge in [0.2, 0.25) is 0 Å². The molecule has 0 saturated carbocycles. The van der Waals surface area contributed by atoms with Gasteiger partial charge in [-0.1, -0.05) is 18.2 Å². The quantitative estimate of drug-likeness (QED) is 0.792. The lowest BCUT2D eigenvalue weighted by molar-refractivity contribution is 0.0950. The molecule has 1 heterocycles. The fraction of sp³-hybridized carbons (Fsp3) is 0.214. The summed E-state index contributed by atoms with van der Waals surface area (Å²) in [7, 11) is 0. The van der Waals surface area contributed by atoms with Crippen molar-refractivity contribution in [2.24, 2.45) is 5.73 Å². The van der Waals surface area contributed by atoms with Crippen LogP contribution in [0.2, 0.25) is 0 Å². The summed E-state index contributed by atoms with van der Waals surface area (Å²) in [5.74, 6) is 0.0900. The standard InChI is InChI=1S/C14H17N5O2/c1-3-16-13(20)11-9(2)12(17-14(15)21)19(18-11)10-7-5-4-6-8-10/h4-8H,3H2,1-2H3,(H,16,20)(H3,15,17,21). The third-order valence-corrected chi connectivity index (χ3v) is 2.92. The summed E-state index contributed by atoms with van der Waals surface area (Å²) in [4.78, 5) is 23.2. The average molecular weight is 287 g/mol. The minimum absolute atomic E-state index is 0.254. The summed E-state index contributed by atoms with van der Waals surface area (Å²) >= 11 is 0. The molecule has 1 aromatic carbocycles. The Morgan fingerprint density at radius 1 is 1.29 bits per heavy atom. The SMILES string of the molecule is CCNC(=O)c1nn(-c2ccccc2)c(NC(N)=O)c1C. The van der Waals surface area contributed by atoms with E-state index in [9.17, 15) is 9.59 Å². The van der Waals surface area contributed by atoms with Gasteiger partial charge < -0.3 is 11.1 Å². The maximum absolute atomic E-state index is 12.0. The Balaban J connectivity index is 2.55. The summed E-state index contributed by atoms with van der Waals surface area (Å²) in [6.07, 6.45) is 0. The Morgan fingerprint density at radius 2 is 1.95 bits per heavy atom. The Bertz CT molecular complexity index is 664. The molecule has 0 saturated heterocycles. The number of amides is 3. The van der Waals surface area contributed by atoms with E-state index < -0.39 is 6.03 Å². The number of hydrogen-bond acceptors (Lipinski definition) is 3. The fourth-order valence-corrected chi connectivity index (χ4v) is 1.98. The minimum atomic E-state index is -0.711. The van der Waals surface area contributed by atoms with Gasteiger partial charge in [0.1, 0.15) is 5.82 Å². The highest BCUT2D eigenvalue weighted by atomic mass is 16.2. The molecule has 2 aromatic rings. The lowest BCUT2D eigenvalue weighted by Gasteiger charge is -2.07. The van der Waals surface area contributed by atoms with E-state index in [1.54, 1.807) is 6.92 Å². The van der Waals surface area contributed by atoms with Crippen LogP contribution in [0.1, 0.15) is 23.0 Å². The number of nitrogens with zero attached hydrogens (tertiary/aromatic N) is 2. The third kappa shape index (κ3) is 3.02. The molecule has 110 valence electrons. The van der Waals surface area contributed by atoms with Crippen molar-refractivity contribution in [3.05, 3.63) is 41.6 Å². The van der Waals surface area contributed by atoms with E-state index >= 15 is 0 Å². The van der Waals surface area contributed by atoms with Crippen LogP contribution in [0.3, 0.4) is 0 Å². The number of primary amides is 1. The summed E-state index contributed by atoms with van der Waals surface area (Å²) in [6, 6.07) is 8.47. The van der Waals surface area contributed by atoms with Crippen molar-refractivity contribution in [3.8, 4) is 5.69 Å². The van der Waals surface area contributed by atoms with Crippen LogP contribution in [0, 0.1) is 6.92 Å². The zero-order valence-corrected chi connectivity index (χ0v) is 11.9. The molecule has 0 atom stereocenters. The number of nitrogens with two attached hydrogens (primary N) is 1. The van der Waals surface area contributed by atoms with Gasteiger partial charge in [-0.15, -0.1) is 0 Å². The lowest BCUT2D eigenvalue weighted by atomic mass is 10.2. The second-order valence-electron chi connectivity index (χ2n) is 4.42. The number of aromatic nitrogens is 2. The van der Waals surface area contributed by atoms with E-state index in [2.05, 4.69) is 15.7 Å². The highest BCUT2D eigenvalue weighted by Crippen LogP contribution is 2.23. The van der Waals surface area contributed by atoms with E-state index in [0.717, 1.165) is 5.69 Å². The van der Waals surface area contributed by atoms with Crippen LogP contribution < -0.4 is 16.4 Å². The second kappa shape index (κ2) is 6.08. The molecule has 0 radical (unpaired) electrons. The van der Waals surface area contributed by atoms with E-state index in [0.29, 0.717) is 17.9 Å². The predicted octanol–water partition coefficient (Wildman–Crippen LogP) is 1.42. The summed E-state index contributed by atoms with van der Waals surface area (Å²) in [5.41, 5.74) is 6.73. The van der Waals surface area contributed by atoms with Gasteiger partial charge in [-0.2, -0.15) is 5.10 Å². The highest BCUT2D eigenvalue weighted by molar-refractivity contribution is 5.97. The molecule has 0 spiro atoms. The summed E-state index contributed by atoms with van der Waals surface area (Å²) in [5, 5.41) is 9.49. The Kier molecular flexibility index (Phi) is 4.22. The zero-order chi connectivity index (χ0) is 15.4. The molecule has 0 aliphatic carbocycles. The molecule has 1 aromatic heterocycles. The van der Waals surface area contributed by atoms with E-state index in [1.165, 1.54) is 4.68 Å². The Hall–Kier alpha value is -2.83. The summed E-state index contributed by atoms with van der Waals surface area (Å²) < 4.78 is 1.49. The van der Waals surface area contributed by atoms with Crippen LogP contribution in [0.15, 0.2) is 30.3 Å². The van der Waals surface area contributed by atoms with Gasteiger partial charge in [0, 0.05) is 12.1 Å². The van der Waals surface area contributed by atoms with Crippen molar-refractivity contribution in [1.82, 2.24) is 15.1 Å². The monoisotopic (exact) mass is 287 g/mol. The van der Waals surface area contributed by atoms with Crippen LogP contribution in [0.4, 0.5) is 10.6 Å². The number of hydrogen-bond donors (Lipinski definition) is 3. The maximum atomic E-state index is 12.0. The van der Waals surface area contributed by atoms with Gasteiger partial charge in [0.05, 0.1) is 5.69 Å². The third-order valence-electron chi connectivity index (χ3n) is 2.92. The van der Waals surface area contributed by atoms with Crippen LogP contribution in [0.25, 0.3) is 5.69 Å². The highest BCUT2D eigenvalue weighted by Gasteiger charge is 2.21. The first-order valence-corrected chi connectivity index (χ1v) is 6.54. The largest absolute Gasteiger partial charge is 0.351 e.